The van der Waals surface area contributed by atoms with Crippen molar-refractivity contribution in [2.45, 2.75) is 88.6 Å². The lowest BCUT2D eigenvalue weighted by Gasteiger charge is -2.35. The van der Waals surface area contributed by atoms with E-state index in [9.17, 15) is 9.59 Å². The Bertz CT molecular complexity index is 1430. The van der Waals surface area contributed by atoms with Crippen LogP contribution in [0, 0.1) is 0 Å². The van der Waals surface area contributed by atoms with Crippen molar-refractivity contribution in [3.8, 4) is 22.6 Å². The molecular weight excluding hydrogens is 624 g/mol. The Hall–Kier alpha value is -3.50. The van der Waals surface area contributed by atoms with Gasteiger partial charge in [-0.25, -0.2) is 14.8 Å². The van der Waals surface area contributed by atoms with Crippen LogP contribution >= 0.6 is 23.4 Å². The zero-order chi connectivity index (χ0) is 33.1. The van der Waals surface area contributed by atoms with Crippen molar-refractivity contribution in [3.05, 3.63) is 65.4 Å². The maximum absolute atomic E-state index is 13.3. The van der Waals surface area contributed by atoms with Gasteiger partial charge >= 0.3 is 6.09 Å². The second-order valence-corrected chi connectivity index (χ2v) is 13.8. The summed E-state index contributed by atoms with van der Waals surface area (Å²) in [6, 6.07) is 13.3. The Balaban J connectivity index is 1.30. The molecule has 248 valence electrons. The minimum absolute atomic E-state index is 0.110. The number of nitrogens with zero attached hydrogens (tertiary/aromatic N) is 3. The summed E-state index contributed by atoms with van der Waals surface area (Å²) in [6.45, 7) is 6.22. The van der Waals surface area contributed by atoms with E-state index in [1.807, 2.05) is 56.0 Å². The predicted octanol–water partition coefficient (Wildman–Crippen LogP) is 7.59. The van der Waals surface area contributed by atoms with E-state index in [2.05, 4.69) is 27.4 Å². The molecule has 2 aromatic carbocycles. The summed E-state index contributed by atoms with van der Waals surface area (Å²) in [5.74, 6) is 1.34. The lowest BCUT2D eigenvalue weighted by Crippen LogP contribution is -2.52. The van der Waals surface area contributed by atoms with Gasteiger partial charge in [0.15, 0.2) is 16.7 Å². The van der Waals surface area contributed by atoms with E-state index in [-0.39, 0.29) is 29.8 Å². The Kier molecular flexibility index (Phi) is 13.0. The summed E-state index contributed by atoms with van der Waals surface area (Å²) < 4.78 is 16.5. The number of aromatic nitrogens is 2. The lowest BCUT2D eigenvalue weighted by molar-refractivity contribution is -0.119. The van der Waals surface area contributed by atoms with Gasteiger partial charge in [0.2, 0.25) is 5.91 Å². The van der Waals surface area contributed by atoms with Gasteiger partial charge in [-0.05, 0) is 94.7 Å². The fourth-order valence-electron chi connectivity index (χ4n) is 5.57. The lowest BCUT2D eigenvalue weighted by atomic mass is 10.1. The molecule has 0 aliphatic heterocycles. The van der Waals surface area contributed by atoms with Crippen LogP contribution in [0.4, 0.5) is 4.79 Å². The molecule has 1 saturated carbocycles. The first-order chi connectivity index (χ1) is 22.1. The van der Waals surface area contributed by atoms with Gasteiger partial charge in [0.25, 0.3) is 0 Å². The average Bonchev–Trinajstić information content (AvgIpc) is 3.48. The number of unbranched alkanes of at least 4 members (excludes halogenated alkanes) is 2. The van der Waals surface area contributed by atoms with Gasteiger partial charge in [0, 0.05) is 35.6 Å². The van der Waals surface area contributed by atoms with Gasteiger partial charge in [-0.3, -0.25) is 4.79 Å². The highest BCUT2D eigenvalue weighted by molar-refractivity contribution is 7.99. The SMILES string of the molecule is COc1ccc(-c2cnc(SCC(=O)N[C@@H]3CCC[C@H]3N(CCCCCc3ccc(Cl)cc3)C(=O)OC(C)(C)C)nc2)cc1OC. The Morgan fingerprint density at radius 1 is 0.957 bits per heavy atom. The van der Waals surface area contributed by atoms with Crippen LogP contribution in [0.1, 0.15) is 64.9 Å². The molecule has 0 spiro atoms. The first-order valence-corrected chi connectivity index (χ1v) is 17.1. The fraction of sp³-hybridized carbons (Fsp3) is 0.486. The highest BCUT2D eigenvalue weighted by Crippen LogP contribution is 2.32. The number of aryl methyl sites for hydroxylation is 1. The largest absolute Gasteiger partial charge is 0.493 e. The molecule has 1 fully saturated rings. The van der Waals surface area contributed by atoms with Crippen molar-refractivity contribution >= 4 is 35.4 Å². The first kappa shape index (κ1) is 35.4. The minimum Gasteiger partial charge on any atom is -0.493 e. The van der Waals surface area contributed by atoms with Crippen LogP contribution in [0.25, 0.3) is 11.1 Å². The van der Waals surface area contributed by atoms with E-state index >= 15 is 0 Å². The Morgan fingerprint density at radius 2 is 1.67 bits per heavy atom. The van der Waals surface area contributed by atoms with Crippen molar-refractivity contribution in [3.63, 3.8) is 0 Å². The monoisotopic (exact) mass is 668 g/mol. The molecule has 0 unspecified atom stereocenters. The van der Waals surface area contributed by atoms with Gasteiger partial charge in [0.1, 0.15) is 5.60 Å². The predicted molar refractivity (Wildman–Crippen MR) is 183 cm³/mol. The Labute approximate surface area is 281 Å². The topological polar surface area (TPSA) is 103 Å². The number of rotatable bonds is 14. The molecule has 4 rings (SSSR count). The molecule has 9 nitrogen and oxygen atoms in total. The molecule has 2 atom stereocenters. The molecule has 11 heteroatoms. The summed E-state index contributed by atoms with van der Waals surface area (Å²) in [6.07, 6.45) is 9.52. The van der Waals surface area contributed by atoms with E-state index < -0.39 is 5.60 Å². The molecule has 0 bridgehead atoms. The Morgan fingerprint density at radius 3 is 2.35 bits per heavy atom. The summed E-state index contributed by atoms with van der Waals surface area (Å²) in [4.78, 5) is 37.2. The van der Waals surface area contributed by atoms with Crippen LogP contribution in [0.15, 0.2) is 60.0 Å². The first-order valence-electron chi connectivity index (χ1n) is 15.8. The van der Waals surface area contributed by atoms with Crippen LogP contribution in [0.2, 0.25) is 5.02 Å². The molecule has 3 aromatic rings. The van der Waals surface area contributed by atoms with Gasteiger partial charge in [0.05, 0.1) is 26.0 Å². The van der Waals surface area contributed by atoms with Crippen molar-refractivity contribution < 1.29 is 23.8 Å². The number of methoxy groups -OCH3 is 2. The molecule has 1 heterocycles. The van der Waals surface area contributed by atoms with Gasteiger partial charge in [-0.2, -0.15) is 0 Å². The highest BCUT2D eigenvalue weighted by atomic mass is 35.5. The second kappa shape index (κ2) is 16.9. The summed E-state index contributed by atoms with van der Waals surface area (Å²) in [5, 5.41) is 4.43. The number of benzene rings is 2. The third-order valence-electron chi connectivity index (χ3n) is 7.81. The number of thioether (sulfide) groups is 1. The minimum atomic E-state index is -0.604. The standard InChI is InChI=1S/C35H45ClN4O5S/c1-35(2,3)45-34(42)40(19-8-6-7-10-24-13-16-27(36)17-14-24)29-12-9-11-28(29)39-32(41)23-46-33-37-21-26(22-38-33)25-15-18-30(43-4)31(20-25)44-5/h13-18,20-22,28-29H,6-12,19,23H2,1-5H3,(H,39,41)/t28-,29-/m1/s1. The zero-order valence-corrected chi connectivity index (χ0v) is 29.0. The number of carbonyl (C=O) groups is 2. The van der Waals surface area contributed by atoms with E-state index in [1.54, 1.807) is 26.6 Å². The number of halogens is 1. The molecule has 46 heavy (non-hydrogen) atoms. The van der Waals surface area contributed by atoms with E-state index in [4.69, 9.17) is 25.8 Å². The van der Waals surface area contributed by atoms with Crippen LogP contribution in [-0.2, 0) is 16.0 Å². The van der Waals surface area contributed by atoms with Crippen LogP contribution in [-0.4, -0.2) is 71.1 Å². The maximum atomic E-state index is 13.3. The summed E-state index contributed by atoms with van der Waals surface area (Å²) >= 11 is 7.29. The molecule has 2 amide bonds. The molecule has 1 aliphatic rings. The van der Waals surface area contributed by atoms with Crippen molar-refractivity contribution in [1.82, 2.24) is 20.2 Å². The third kappa shape index (κ3) is 10.5. The third-order valence-corrected chi connectivity index (χ3v) is 8.94. The molecule has 1 N–H and O–H groups in total. The number of nitrogens with one attached hydrogen (secondary N) is 1. The number of carbonyl (C=O) groups excluding carboxylic acids is 2. The second-order valence-electron chi connectivity index (χ2n) is 12.4. The van der Waals surface area contributed by atoms with Crippen LogP contribution < -0.4 is 14.8 Å². The summed E-state index contributed by atoms with van der Waals surface area (Å²) in [5.41, 5.74) is 2.38. The highest BCUT2D eigenvalue weighted by Gasteiger charge is 2.37. The maximum Gasteiger partial charge on any atom is 0.410 e. The number of amides is 2. The van der Waals surface area contributed by atoms with Gasteiger partial charge in [-0.15, -0.1) is 0 Å². The van der Waals surface area contributed by atoms with E-state index in [1.165, 1.54) is 17.3 Å². The van der Waals surface area contributed by atoms with Crippen molar-refractivity contribution in [1.29, 1.82) is 0 Å². The van der Waals surface area contributed by atoms with Crippen molar-refractivity contribution in [2.75, 3.05) is 26.5 Å². The van der Waals surface area contributed by atoms with Gasteiger partial charge in [-0.1, -0.05) is 48.0 Å². The molecule has 0 saturated heterocycles. The molecular formula is C35H45ClN4O5S. The van der Waals surface area contributed by atoms with E-state index in [0.717, 1.165) is 61.1 Å². The van der Waals surface area contributed by atoms with E-state index in [0.29, 0.717) is 23.2 Å². The fourth-order valence-corrected chi connectivity index (χ4v) is 6.29. The number of hydrogen-bond donors (Lipinski definition) is 1. The number of hydrogen-bond acceptors (Lipinski definition) is 8. The van der Waals surface area contributed by atoms with Crippen molar-refractivity contribution in [2.24, 2.45) is 0 Å². The van der Waals surface area contributed by atoms with Crippen LogP contribution in [0.5, 0.6) is 11.5 Å². The quantitative estimate of drug-likeness (QED) is 0.106. The number of ether oxygens (including phenoxy) is 3. The summed E-state index contributed by atoms with van der Waals surface area (Å²) in [7, 11) is 3.19. The zero-order valence-electron chi connectivity index (χ0n) is 27.4. The molecule has 1 aromatic heterocycles. The smallest absolute Gasteiger partial charge is 0.410 e. The average molecular weight is 669 g/mol. The van der Waals surface area contributed by atoms with Gasteiger partial charge < -0.3 is 24.4 Å². The van der Waals surface area contributed by atoms with Crippen LogP contribution in [0.3, 0.4) is 0 Å². The molecule has 0 radical (unpaired) electrons. The normalized spacial score (nSPS) is 16.1. The molecule has 1 aliphatic carbocycles.